The van der Waals surface area contributed by atoms with Crippen molar-refractivity contribution in [2.45, 2.75) is 19.4 Å². The van der Waals surface area contributed by atoms with Crippen molar-refractivity contribution < 1.29 is 18.7 Å². The van der Waals surface area contributed by atoms with Crippen LogP contribution in [0.1, 0.15) is 13.8 Å². The first kappa shape index (κ1) is 18.4. The number of primary amides is 1. The van der Waals surface area contributed by atoms with Crippen LogP contribution in [0.2, 0.25) is 0 Å². The second-order valence-electron chi connectivity index (χ2n) is 6.32. The number of aromatic nitrogens is 2. The van der Waals surface area contributed by atoms with E-state index in [0.717, 1.165) is 0 Å². The van der Waals surface area contributed by atoms with Gasteiger partial charge in [-0.25, -0.2) is 14.4 Å². The van der Waals surface area contributed by atoms with Crippen molar-refractivity contribution in [1.29, 1.82) is 0 Å². The van der Waals surface area contributed by atoms with E-state index >= 15 is 0 Å². The summed E-state index contributed by atoms with van der Waals surface area (Å²) in [6.45, 7) is 3.11. The number of amides is 1. The molecule has 3 aromatic rings. The number of halogens is 1. The lowest BCUT2D eigenvalue weighted by Crippen LogP contribution is -2.43. The van der Waals surface area contributed by atoms with Gasteiger partial charge < -0.3 is 20.5 Å². The van der Waals surface area contributed by atoms with Crippen LogP contribution in [0.4, 0.5) is 15.9 Å². The van der Waals surface area contributed by atoms with Gasteiger partial charge in [-0.2, -0.15) is 0 Å². The Kier molecular flexibility index (Phi) is 4.81. The first-order valence-electron chi connectivity index (χ1n) is 8.15. The van der Waals surface area contributed by atoms with Crippen molar-refractivity contribution in [2.24, 2.45) is 5.73 Å². The molecule has 1 aromatic heterocycles. The van der Waals surface area contributed by atoms with Gasteiger partial charge in [0.05, 0.1) is 18.3 Å². The van der Waals surface area contributed by atoms with E-state index in [4.69, 9.17) is 15.2 Å². The quantitative estimate of drug-likeness (QED) is 0.691. The molecule has 0 bridgehead atoms. The minimum Gasteiger partial charge on any atom is -0.493 e. The van der Waals surface area contributed by atoms with E-state index in [0.29, 0.717) is 28.2 Å². The monoisotopic (exact) mass is 370 g/mol. The molecule has 0 fully saturated rings. The number of methoxy groups -OCH3 is 1. The van der Waals surface area contributed by atoms with Crippen LogP contribution in [0.5, 0.6) is 11.5 Å². The molecule has 0 aliphatic rings. The molecule has 0 saturated carbocycles. The van der Waals surface area contributed by atoms with Crippen LogP contribution < -0.4 is 20.5 Å². The van der Waals surface area contributed by atoms with Crippen molar-refractivity contribution in [3.8, 4) is 11.5 Å². The maximum Gasteiger partial charge on any atom is 0.261 e. The summed E-state index contributed by atoms with van der Waals surface area (Å²) < 4.78 is 25.1. The highest BCUT2D eigenvalue weighted by molar-refractivity contribution is 5.93. The summed E-state index contributed by atoms with van der Waals surface area (Å²) in [6, 6.07) is 9.53. The van der Waals surface area contributed by atoms with E-state index in [9.17, 15) is 9.18 Å². The third-order valence-corrected chi connectivity index (χ3v) is 4.01. The fourth-order valence-corrected chi connectivity index (χ4v) is 2.42. The molecule has 0 radical (unpaired) electrons. The highest BCUT2D eigenvalue weighted by Crippen LogP contribution is 2.36. The summed E-state index contributed by atoms with van der Waals surface area (Å²) >= 11 is 0. The zero-order valence-electron chi connectivity index (χ0n) is 15.1. The Morgan fingerprint density at radius 1 is 1.19 bits per heavy atom. The fourth-order valence-electron chi connectivity index (χ4n) is 2.42. The molecule has 3 N–H and O–H groups in total. The number of nitrogens with one attached hydrogen (secondary N) is 1. The number of benzene rings is 2. The number of para-hydroxylation sites is 1. The number of anilines is 2. The number of carbonyl (C=O) groups is 1. The van der Waals surface area contributed by atoms with Crippen LogP contribution in [0.3, 0.4) is 0 Å². The maximum atomic E-state index is 14.0. The average molecular weight is 370 g/mol. The normalized spacial score (nSPS) is 11.3. The lowest BCUT2D eigenvalue weighted by molar-refractivity contribution is -0.130. The lowest BCUT2D eigenvalue weighted by atomic mass is 10.1. The zero-order valence-corrected chi connectivity index (χ0v) is 15.1. The fraction of sp³-hybridized carbons (Fsp3) is 0.211. The van der Waals surface area contributed by atoms with Crippen molar-refractivity contribution in [3.05, 3.63) is 48.5 Å². The molecule has 2 aromatic carbocycles. The molecule has 27 heavy (non-hydrogen) atoms. The molecular weight excluding hydrogens is 351 g/mol. The molecule has 1 amide bonds. The molecule has 7 nitrogen and oxygen atoms in total. The average Bonchev–Trinajstić information content (AvgIpc) is 2.63. The standard InChI is InChI=1S/C19H19FN4O3/c1-19(2,18(21)25)27-16-8-11-14(9-15(16)26-3)22-10-23-17(11)24-13-7-5-4-6-12(13)20/h4-10H,1-3H3,(H2,21,25)(H,22,23,24). The van der Waals surface area contributed by atoms with E-state index in [2.05, 4.69) is 15.3 Å². The number of hydrogen-bond donors (Lipinski definition) is 2. The molecule has 0 aliphatic carbocycles. The summed E-state index contributed by atoms with van der Waals surface area (Å²) in [5, 5.41) is 3.52. The number of nitrogens with zero attached hydrogens (tertiary/aromatic N) is 2. The van der Waals surface area contributed by atoms with E-state index < -0.39 is 17.3 Å². The van der Waals surface area contributed by atoms with Crippen molar-refractivity contribution >= 4 is 28.3 Å². The number of ether oxygens (including phenoxy) is 2. The molecule has 8 heteroatoms. The zero-order chi connectivity index (χ0) is 19.6. The Hall–Kier alpha value is -3.42. The van der Waals surface area contributed by atoms with Gasteiger partial charge in [-0.3, -0.25) is 4.79 Å². The summed E-state index contributed by atoms with van der Waals surface area (Å²) in [5.74, 6) is 0.0183. The van der Waals surface area contributed by atoms with Gasteiger partial charge in [0.2, 0.25) is 0 Å². The van der Waals surface area contributed by atoms with Crippen molar-refractivity contribution in [1.82, 2.24) is 9.97 Å². The number of carbonyl (C=O) groups excluding carboxylic acids is 1. The summed E-state index contributed by atoms with van der Waals surface area (Å²) in [5.41, 5.74) is 4.96. The molecule has 0 atom stereocenters. The number of rotatable bonds is 6. The molecular formula is C19H19FN4O3. The second kappa shape index (κ2) is 7.06. The highest BCUT2D eigenvalue weighted by atomic mass is 19.1. The van der Waals surface area contributed by atoms with Gasteiger partial charge in [0, 0.05) is 11.5 Å². The topological polar surface area (TPSA) is 99.4 Å². The summed E-state index contributed by atoms with van der Waals surface area (Å²) in [7, 11) is 1.48. The minimum atomic E-state index is -1.25. The van der Waals surface area contributed by atoms with Gasteiger partial charge in [-0.05, 0) is 32.0 Å². The Bertz CT molecular complexity index is 1010. The van der Waals surface area contributed by atoms with Gasteiger partial charge in [0.15, 0.2) is 17.1 Å². The van der Waals surface area contributed by atoms with Crippen molar-refractivity contribution in [3.63, 3.8) is 0 Å². The van der Waals surface area contributed by atoms with Crippen LogP contribution in [0.15, 0.2) is 42.7 Å². The molecule has 0 aliphatic heterocycles. The smallest absolute Gasteiger partial charge is 0.261 e. The van der Waals surface area contributed by atoms with E-state index in [1.54, 1.807) is 44.2 Å². The van der Waals surface area contributed by atoms with Gasteiger partial charge in [-0.1, -0.05) is 12.1 Å². The Labute approximate surface area is 155 Å². The van der Waals surface area contributed by atoms with Gasteiger partial charge in [0.25, 0.3) is 5.91 Å². The van der Waals surface area contributed by atoms with E-state index in [1.165, 1.54) is 19.5 Å². The third-order valence-electron chi connectivity index (χ3n) is 4.01. The number of hydrogen-bond acceptors (Lipinski definition) is 6. The minimum absolute atomic E-state index is 0.272. The van der Waals surface area contributed by atoms with Gasteiger partial charge >= 0.3 is 0 Å². The van der Waals surface area contributed by atoms with Gasteiger partial charge in [-0.15, -0.1) is 0 Å². The molecule has 0 saturated heterocycles. The predicted molar refractivity (Wildman–Crippen MR) is 99.7 cm³/mol. The largest absolute Gasteiger partial charge is 0.493 e. The van der Waals surface area contributed by atoms with E-state index in [-0.39, 0.29) is 5.69 Å². The number of fused-ring (bicyclic) bond motifs is 1. The van der Waals surface area contributed by atoms with Crippen molar-refractivity contribution in [2.75, 3.05) is 12.4 Å². The first-order valence-corrected chi connectivity index (χ1v) is 8.15. The first-order chi connectivity index (χ1) is 12.8. The maximum absolute atomic E-state index is 14.0. The van der Waals surface area contributed by atoms with Crippen LogP contribution in [-0.4, -0.2) is 28.6 Å². The van der Waals surface area contributed by atoms with Crippen LogP contribution >= 0.6 is 0 Å². The number of nitrogens with two attached hydrogens (primary N) is 1. The Morgan fingerprint density at radius 3 is 2.59 bits per heavy atom. The molecule has 140 valence electrons. The summed E-state index contributed by atoms with van der Waals surface area (Å²) in [4.78, 5) is 20.0. The molecule has 0 spiro atoms. The Balaban J connectivity index is 2.10. The lowest BCUT2D eigenvalue weighted by Gasteiger charge is -2.24. The highest BCUT2D eigenvalue weighted by Gasteiger charge is 2.29. The molecule has 3 rings (SSSR count). The molecule has 1 heterocycles. The SMILES string of the molecule is COc1cc2ncnc(Nc3ccccc3F)c2cc1OC(C)(C)C(N)=O. The van der Waals surface area contributed by atoms with Crippen LogP contribution in [0.25, 0.3) is 10.9 Å². The third kappa shape index (κ3) is 3.74. The summed E-state index contributed by atoms with van der Waals surface area (Å²) in [6.07, 6.45) is 1.36. The van der Waals surface area contributed by atoms with Gasteiger partial charge in [0.1, 0.15) is 18.0 Å². The van der Waals surface area contributed by atoms with Crippen LogP contribution in [0, 0.1) is 5.82 Å². The predicted octanol–water partition coefficient (Wildman–Crippen LogP) is 3.16. The van der Waals surface area contributed by atoms with E-state index in [1.807, 2.05) is 0 Å². The molecule has 0 unspecified atom stereocenters. The Morgan fingerprint density at radius 2 is 1.93 bits per heavy atom. The second-order valence-corrected chi connectivity index (χ2v) is 6.32. The van der Waals surface area contributed by atoms with Crippen LogP contribution in [-0.2, 0) is 4.79 Å².